The number of rotatable bonds is 6. The zero-order chi connectivity index (χ0) is 20.4. The normalized spacial score (nSPS) is 13.5. The second-order valence-corrected chi connectivity index (χ2v) is 9.37. The van der Waals surface area contributed by atoms with Crippen LogP contribution in [-0.4, -0.2) is 37.4 Å². The first-order chi connectivity index (χ1) is 13.9. The summed E-state index contributed by atoms with van der Waals surface area (Å²) >= 11 is 1.51. The van der Waals surface area contributed by atoms with Gasteiger partial charge in [0.25, 0.3) is 0 Å². The molecule has 1 aromatic carbocycles. The van der Waals surface area contributed by atoms with Crippen LogP contribution in [0.3, 0.4) is 0 Å². The van der Waals surface area contributed by atoms with Gasteiger partial charge >= 0.3 is 0 Å². The van der Waals surface area contributed by atoms with Crippen LogP contribution < -0.4 is 9.62 Å². The number of carbonyl (C=O) groups is 1. The first kappa shape index (κ1) is 19.7. The minimum Gasteiger partial charge on any atom is -0.312 e. The van der Waals surface area contributed by atoms with Crippen molar-refractivity contribution in [1.82, 2.24) is 14.7 Å². The molecule has 1 aliphatic rings. The van der Waals surface area contributed by atoms with Crippen LogP contribution in [0.4, 0.5) is 5.69 Å². The third-order valence-corrected chi connectivity index (χ3v) is 7.17. The number of amides is 1. The van der Waals surface area contributed by atoms with Gasteiger partial charge in [0.05, 0.1) is 10.6 Å². The Kier molecular flexibility index (Phi) is 5.44. The summed E-state index contributed by atoms with van der Waals surface area (Å²) in [5.41, 5.74) is 3.45. The van der Waals surface area contributed by atoms with E-state index < -0.39 is 10.0 Å². The molecule has 0 unspecified atom stereocenters. The Morgan fingerprint density at radius 2 is 2.17 bits per heavy atom. The van der Waals surface area contributed by atoms with E-state index in [9.17, 15) is 13.2 Å². The van der Waals surface area contributed by atoms with Crippen LogP contribution in [0, 0.1) is 0 Å². The maximum Gasteiger partial charge on any atom is 0.240 e. The van der Waals surface area contributed by atoms with Crippen molar-refractivity contribution in [3.05, 3.63) is 59.4 Å². The quantitative estimate of drug-likeness (QED) is 0.652. The molecule has 0 fully saturated rings. The lowest BCUT2D eigenvalue weighted by Gasteiger charge is -2.15. The second-order valence-electron chi connectivity index (χ2n) is 6.74. The molecule has 0 saturated heterocycles. The molecule has 150 valence electrons. The number of anilines is 1. The number of hydrogen-bond donors (Lipinski definition) is 1. The number of carbonyl (C=O) groups excluding carboxylic acids is 1. The molecule has 1 amide bonds. The third kappa shape index (κ3) is 4.21. The number of fused-ring (bicyclic) bond motifs is 1. The Morgan fingerprint density at radius 1 is 1.31 bits per heavy atom. The SMILES string of the molecule is CC(=O)N1CCc2cc(S(=O)(=O)NCCc3csc(-c4cccnc4)n3)ccc21. The highest BCUT2D eigenvalue weighted by Gasteiger charge is 2.24. The summed E-state index contributed by atoms with van der Waals surface area (Å²) in [6.07, 6.45) is 4.63. The van der Waals surface area contributed by atoms with Crippen LogP contribution in [0.2, 0.25) is 0 Å². The summed E-state index contributed by atoms with van der Waals surface area (Å²) in [6, 6.07) is 8.71. The van der Waals surface area contributed by atoms with Gasteiger partial charge < -0.3 is 4.90 Å². The lowest BCUT2D eigenvalue weighted by atomic mass is 10.2. The van der Waals surface area contributed by atoms with Gasteiger partial charge in [0.2, 0.25) is 15.9 Å². The number of aromatic nitrogens is 2. The largest absolute Gasteiger partial charge is 0.312 e. The topological polar surface area (TPSA) is 92.3 Å². The van der Waals surface area contributed by atoms with Gasteiger partial charge in [-0.3, -0.25) is 9.78 Å². The van der Waals surface area contributed by atoms with Gasteiger partial charge in [0.15, 0.2) is 0 Å². The number of pyridine rings is 1. The molecule has 2 aromatic heterocycles. The van der Waals surface area contributed by atoms with Gasteiger partial charge in [-0.1, -0.05) is 0 Å². The minimum absolute atomic E-state index is 0.0357. The van der Waals surface area contributed by atoms with Crippen molar-refractivity contribution in [2.24, 2.45) is 0 Å². The van der Waals surface area contributed by atoms with E-state index in [4.69, 9.17) is 0 Å². The highest BCUT2D eigenvalue weighted by atomic mass is 32.2. The molecular formula is C20H20N4O3S2. The van der Waals surface area contributed by atoms with E-state index in [1.165, 1.54) is 18.3 Å². The van der Waals surface area contributed by atoms with Crippen LogP contribution in [0.25, 0.3) is 10.6 Å². The predicted octanol–water partition coefficient (Wildman–Crippen LogP) is 2.64. The minimum atomic E-state index is -3.62. The van der Waals surface area contributed by atoms with Crippen molar-refractivity contribution >= 4 is 33.0 Å². The van der Waals surface area contributed by atoms with Crippen molar-refractivity contribution in [1.29, 1.82) is 0 Å². The molecule has 3 aromatic rings. The van der Waals surface area contributed by atoms with E-state index in [1.807, 2.05) is 17.5 Å². The molecule has 3 heterocycles. The molecule has 1 N–H and O–H groups in total. The van der Waals surface area contributed by atoms with Gasteiger partial charge in [-0.05, 0) is 42.3 Å². The third-order valence-electron chi connectivity index (χ3n) is 4.77. The molecule has 4 rings (SSSR count). The molecule has 0 spiro atoms. The fourth-order valence-electron chi connectivity index (χ4n) is 3.31. The number of benzene rings is 1. The maximum absolute atomic E-state index is 12.6. The fourth-order valence-corrected chi connectivity index (χ4v) is 5.24. The van der Waals surface area contributed by atoms with Gasteiger partial charge in [-0.2, -0.15) is 0 Å². The van der Waals surface area contributed by atoms with Crippen molar-refractivity contribution in [3.8, 4) is 10.6 Å². The highest BCUT2D eigenvalue weighted by Crippen LogP contribution is 2.30. The molecule has 29 heavy (non-hydrogen) atoms. The van der Waals surface area contributed by atoms with Crippen molar-refractivity contribution in [2.75, 3.05) is 18.0 Å². The van der Waals surface area contributed by atoms with E-state index in [1.54, 1.807) is 35.5 Å². The molecule has 9 heteroatoms. The molecule has 0 atom stereocenters. The Labute approximate surface area is 173 Å². The Morgan fingerprint density at radius 3 is 2.93 bits per heavy atom. The first-order valence-electron chi connectivity index (χ1n) is 9.19. The average molecular weight is 429 g/mol. The Balaban J connectivity index is 1.40. The summed E-state index contributed by atoms with van der Waals surface area (Å²) in [7, 11) is -3.62. The number of nitrogens with zero attached hydrogens (tertiary/aromatic N) is 3. The smallest absolute Gasteiger partial charge is 0.240 e. The number of hydrogen-bond acceptors (Lipinski definition) is 6. The zero-order valence-corrected chi connectivity index (χ0v) is 17.5. The highest BCUT2D eigenvalue weighted by molar-refractivity contribution is 7.89. The van der Waals surface area contributed by atoms with Crippen molar-refractivity contribution < 1.29 is 13.2 Å². The zero-order valence-electron chi connectivity index (χ0n) is 15.8. The van der Waals surface area contributed by atoms with E-state index >= 15 is 0 Å². The van der Waals surface area contributed by atoms with Crippen molar-refractivity contribution in [3.63, 3.8) is 0 Å². The lowest BCUT2D eigenvalue weighted by molar-refractivity contribution is -0.116. The average Bonchev–Trinajstić information content (AvgIpc) is 3.35. The van der Waals surface area contributed by atoms with Crippen LogP contribution >= 0.6 is 11.3 Å². The van der Waals surface area contributed by atoms with E-state index in [0.717, 1.165) is 27.5 Å². The monoisotopic (exact) mass is 428 g/mol. The summed E-state index contributed by atoms with van der Waals surface area (Å²) in [5, 5.41) is 2.80. The molecule has 7 nitrogen and oxygen atoms in total. The van der Waals surface area contributed by atoms with Gasteiger partial charge in [-0.15, -0.1) is 11.3 Å². The van der Waals surface area contributed by atoms with E-state index in [0.29, 0.717) is 19.4 Å². The standard InChI is InChI=1S/C20H20N4O3S2/c1-14(25)24-10-7-15-11-18(4-5-19(15)24)29(26,27)22-9-6-17-13-28-20(23-17)16-3-2-8-21-12-16/h2-5,8,11-13,22H,6-7,9-10H2,1H3. The van der Waals surface area contributed by atoms with Crippen LogP contribution in [-0.2, 0) is 27.7 Å². The Bertz CT molecular complexity index is 1140. The first-order valence-corrected chi connectivity index (χ1v) is 11.6. The number of thiazole rings is 1. The van der Waals surface area contributed by atoms with Gasteiger partial charge in [0, 0.05) is 55.5 Å². The molecule has 0 bridgehead atoms. The van der Waals surface area contributed by atoms with Crippen LogP contribution in [0.1, 0.15) is 18.2 Å². The molecule has 0 radical (unpaired) electrons. The Hall–Kier alpha value is -2.62. The van der Waals surface area contributed by atoms with Crippen LogP contribution in [0.15, 0.2) is 53.0 Å². The number of sulfonamides is 1. The van der Waals surface area contributed by atoms with E-state index in [-0.39, 0.29) is 17.3 Å². The molecule has 1 aliphatic heterocycles. The van der Waals surface area contributed by atoms with E-state index in [2.05, 4.69) is 14.7 Å². The summed E-state index contributed by atoms with van der Waals surface area (Å²) in [5.74, 6) is -0.0357. The molecule has 0 saturated carbocycles. The van der Waals surface area contributed by atoms with Gasteiger partial charge in [-0.25, -0.2) is 18.1 Å². The second kappa shape index (κ2) is 8.02. The predicted molar refractivity (Wildman–Crippen MR) is 112 cm³/mol. The maximum atomic E-state index is 12.6. The summed E-state index contributed by atoms with van der Waals surface area (Å²) in [6.45, 7) is 2.36. The fraction of sp³-hybridized carbons (Fsp3) is 0.250. The summed E-state index contributed by atoms with van der Waals surface area (Å²) in [4.78, 5) is 22.2. The lowest BCUT2D eigenvalue weighted by Crippen LogP contribution is -2.26. The molecular weight excluding hydrogens is 408 g/mol. The van der Waals surface area contributed by atoms with Gasteiger partial charge in [0.1, 0.15) is 5.01 Å². The number of nitrogens with one attached hydrogen (secondary N) is 1. The molecule has 0 aliphatic carbocycles. The summed E-state index contributed by atoms with van der Waals surface area (Å²) < 4.78 is 27.9. The van der Waals surface area contributed by atoms with Crippen molar-refractivity contribution in [2.45, 2.75) is 24.7 Å². The van der Waals surface area contributed by atoms with Crippen LogP contribution in [0.5, 0.6) is 0 Å².